The Labute approximate surface area is 224 Å². The summed E-state index contributed by atoms with van der Waals surface area (Å²) in [7, 11) is -4.01. The fourth-order valence-corrected chi connectivity index (χ4v) is 5.92. The van der Waals surface area contributed by atoms with Crippen LogP contribution in [-0.2, 0) is 34.2 Å². The number of rotatable bonds is 10. The smallest absolute Gasteiger partial charge is 0.322 e. The summed E-state index contributed by atoms with van der Waals surface area (Å²) >= 11 is 0. The molecule has 0 saturated carbocycles. The summed E-state index contributed by atoms with van der Waals surface area (Å²) < 4.78 is 29.6. The summed E-state index contributed by atoms with van der Waals surface area (Å²) in [6.45, 7) is 10.2. The maximum atomic E-state index is 12.8. The SMILES string of the molecule is Cc1ccc(S(=O)(=O)N[C@H](Cc2cn(C3CCCc4cc(CNCC(C)(C)C)ccc43)nn2)C(=O)O)cc1. The highest BCUT2D eigenvalue weighted by molar-refractivity contribution is 7.89. The highest BCUT2D eigenvalue weighted by Crippen LogP contribution is 2.33. The number of nitrogens with one attached hydrogen (secondary N) is 2. The van der Waals surface area contributed by atoms with Gasteiger partial charge in [0.1, 0.15) is 6.04 Å². The molecule has 0 spiro atoms. The molecular formula is C28H37N5O4S. The lowest BCUT2D eigenvalue weighted by molar-refractivity contribution is -0.138. The molecule has 38 heavy (non-hydrogen) atoms. The van der Waals surface area contributed by atoms with Crippen LogP contribution in [0.1, 0.15) is 67.6 Å². The van der Waals surface area contributed by atoms with E-state index in [9.17, 15) is 18.3 Å². The van der Waals surface area contributed by atoms with Crippen molar-refractivity contribution in [3.63, 3.8) is 0 Å². The number of hydrogen-bond acceptors (Lipinski definition) is 6. The van der Waals surface area contributed by atoms with Crippen molar-refractivity contribution in [3.8, 4) is 0 Å². The van der Waals surface area contributed by atoms with Gasteiger partial charge in [0.25, 0.3) is 0 Å². The van der Waals surface area contributed by atoms with E-state index in [-0.39, 0.29) is 22.8 Å². The highest BCUT2D eigenvalue weighted by atomic mass is 32.2. The molecule has 0 aliphatic heterocycles. The largest absolute Gasteiger partial charge is 0.480 e. The normalized spacial score (nSPS) is 16.7. The second kappa shape index (κ2) is 11.3. The van der Waals surface area contributed by atoms with Crippen molar-refractivity contribution in [2.24, 2.45) is 5.41 Å². The molecule has 0 radical (unpaired) electrons. The van der Waals surface area contributed by atoms with Crippen LogP contribution < -0.4 is 10.0 Å². The lowest BCUT2D eigenvalue weighted by Crippen LogP contribution is -2.42. The first-order valence-corrected chi connectivity index (χ1v) is 14.4. The average Bonchev–Trinajstić information content (AvgIpc) is 3.31. The Balaban J connectivity index is 1.46. The van der Waals surface area contributed by atoms with E-state index in [0.717, 1.165) is 37.9 Å². The van der Waals surface area contributed by atoms with Gasteiger partial charge in [0.15, 0.2) is 0 Å². The van der Waals surface area contributed by atoms with Crippen LogP contribution >= 0.6 is 0 Å². The minimum atomic E-state index is -4.01. The van der Waals surface area contributed by atoms with Crippen molar-refractivity contribution < 1.29 is 18.3 Å². The quantitative estimate of drug-likeness (QED) is 0.359. The van der Waals surface area contributed by atoms with Gasteiger partial charge in [-0.3, -0.25) is 4.79 Å². The van der Waals surface area contributed by atoms with Crippen LogP contribution in [0.15, 0.2) is 53.6 Å². The van der Waals surface area contributed by atoms with Gasteiger partial charge < -0.3 is 10.4 Å². The summed E-state index contributed by atoms with van der Waals surface area (Å²) in [6, 6.07) is 11.5. The predicted octanol–water partition coefficient (Wildman–Crippen LogP) is 3.62. The fraction of sp³-hybridized carbons (Fsp3) is 0.464. The molecule has 1 aliphatic carbocycles. The molecule has 2 atom stereocenters. The molecule has 3 aromatic rings. The fourth-order valence-electron chi connectivity index (χ4n) is 4.73. The molecule has 1 heterocycles. The van der Waals surface area contributed by atoms with Gasteiger partial charge in [0, 0.05) is 25.7 Å². The van der Waals surface area contributed by atoms with Crippen molar-refractivity contribution in [1.29, 1.82) is 0 Å². The van der Waals surface area contributed by atoms with Crippen LogP contribution in [-0.4, -0.2) is 47.1 Å². The molecule has 0 bridgehead atoms. The van der Waals surface area contributed by atoms with E-state index in [0.29, 0.717) is 5.69 Å². The molecule has 10 heteroatoms. The van der Waals surface area contributed by atoms with Gasteiger partial charge in [-0.25, -0.2) is 13.1 Å². The zero-order valence-corrected chi connectivity index (χ0v) is 23.3. The van der Waals surface area contributed by atoms with Gasteiger partial charge in [-0.1, -0.05) is 61.9 Å². The monoisotopic (exact) mass is 539 g/mol. The van der Waals surface area contributed by atoms with Gasteiger partial charge in [0.2, 0.25) is 10.0 Å². The lowest BCUT2D eigenvalue weighted by atomic mass is 9.86. The molecule has 0 amide bonds. The standard InChI is InChI=1S/C28H37N5O4S/c1-19-8-11-23(12-9-19)38(36,37)31-25(27(34)35)15-22-17-33(32-30-22)26-7-5-6-21-14-20(10-13-24(21)26)16-29-18-28(2,3)4/h8-14,17,25-26,29,31H,5-7,15-16,18H2,1-4H3,(H,34,35)/t25-,26?/m1/s1. The van der Waals surface area contributed by atoms with E-state index in [1.165, 1.54) is 28.8 Å². The maximum absolute atomic E-state index is 12.8. The number of aliphatic carboxylic acids is 1. The van der Waals surface area contributed by atoms with E-state index in [1.807, 2.05) is 6.92 Å². The summed E-state index contributed by atoms with van der Waals surface area (Å²) in [4.78, 5) is 11.9. The summed E-state index contributed by atoms with van der Waals surface area (Å²) in [5.74, 6) is -1.27. The Hall–Kier alpha value is -3.08. The maximum Gasteiger partial charge on any atom is 0.322 e. The molecule has 9 nitrogen and oxygen atoms in total. The van der Waals surface area contributed by atoms with Crippen LogP contribution in [0, 0.1) is 12.3 Å². The number of benzene rings is 2. The van der Waals surface area contributed by atoms with Crippen molar-refractivity contribution >= 4 is 16.0 Å². The van der Waals surface area contributed by atoms with Crippen molar-refractivity contribution in [2.45, 2.75) is 76.9 Å². The summed E-state index contributed by atoms with van der Waals surface area (Å²) in [6.07, 6.45) is 4.54. The van der Waals surface area contributed by atoms with Gasteiger partial charge in [-0.05, 0) is 60.4 Å². The first kappa shape index (κ1) is 27.9. The molecule has 204 valence electrons. The number of carboxylic acid groups (broad SMARTS) is 1. The lowest BCUT2D eigenvalue weighted by Gasteiger charge is -2.26. The molecule has 2 aromatic carbocycles. The number of hydrogen-bond donors (Lipinski definition) is 3. The number of nitrogens with zero attached hydrogens (tertiary/aromatic N) is 3. The van der Waals surface area contributed by atoms with Crippen molar-refractivity contribution in [2.75, 3.05) is 6.54 Å². The van der Waals surface area contributed by atoms with E-state index in [1.54, 1.807) is 23.0 Å². The minimum Gasteiger partial charge on any atom is -0.480 e. The second-order valence-electron chi connectivity index (χ2n) is 11.3. The number of sulfonamides is 1. The first-order chi connectivity index (χ1) is 17.9. The highest BCUT2D eigenvalue weighted by Gasteiger charge is 2.28. The van der Waals surface area contributed by atoms with E-state index >= 15 is 0 Å². The van der Waals surface area contributed by atoms with Crippen LogP contribution in [0.2, 0.25) is 0 Å². The van der Waals surface area contributed by atoms with Crippen LogP contribution in [0.3, 0.4) is 0 Å². The Morgan fingerprint density at radius 1 is 1.18 bits per heavy atom. The first-order valence-electron chi connectivity index (χ1n) is 13.0. The molecule has 3 N–H and O–H groups in total. The molecule has 0 saturated heterocycles. The van der Waals surface area contributed by atoms with Gasteiger partial charge in [-0.2, -0.15) is 4.72 Å². The molecule has 0 fully saturated rings. The Morgan fingerprint density at radius 3 is 2.61 bits per heavy atom. The Kier molecular flexibility index (Phi) is 8.34. The van der Waals surface area contributed by atoms with Gasteiger partial charge in [0.05, 0.1) is 16.6 Å². The molecule has 4 rings (SSSR count). The zero-order chi connectivity index (χ0) is 27.5. The number of aromatic nitrogens is 3. The van der Waals surface area contributed by atoms with Gasteiger partial charge in [-0.15, -0.1) is 5.10 Å². The zero-order valence-electron chi connectivity index (χ0n) is 22.4. The van der Waals surface area contributed by atoms with Gasteiger partial charge >= 0.3 is 5.97 Å². The van der Waals surface area contributed by atoms with Crippen molar-refractivity contribution in [3.05, 3.63) is 76.6 Å². The van der Waals surface area contributed by atoms with Crippen LogP contribution in [0.5, 0.6) is 0 Å². The van der Waals surface area contributed by atoms with E-state index in [4.69, 9.17) is 0 Å². The minimum absolute atomic E-state index is 0.00381. The van der Waals surface area contributed by atoms with Crippen molar-refractivity contribution in [1.82, 2.24) is 25.0 Å². The third-order valence-corrected chi connectivity index (χ3v) is 8.18. The third-order valence-electron chi connectivity index (χ3n) is 6.69. The van der Waals surface area contributed by atoms with Crippen LogP contribution in [0.4, 0.5) is 0 Å². The number of aryl methyl sites for hydroxylation is 2. The Morgan fingerprint density at radius 2 is 1.92 bits per heavy atom. The second-order valence-corrected chi connectivity index (χ2v) is 13.0. The Bertz CT molecular complexity index is 1380. The number of fused-ring (bicyclic) bond motifs is 1. The number of carbonyl (C=O) groups is 1. The average molecular weight is 540 g/mol. The summed E-state index contributed by atoms with van der Waals surface area (Å²) in [5, 5.41) is 21.7. The summed E-state index contributed by atoms with van der Waals surface area (Å²) in [5.41, 5.74) is 5.29. The molecule has 1 unspecified atom stereocenters. The van der Waals surface area contributed by atoms with E-state index < -0.39 is 22.0 Å². The third kappa shape index (κ3) is 7.06. The molecule has 1 aliphatic rings. The molecule has 1 aromatic heterocycles. The predicted molar refractivity (Wildman–Crippen MR) is 145 cm³/mol. The molecular weight excluding hydrogens is 502 g/mol. The topological polar surface area (TPSA) is 126 Å². The number of carboxylic acids is 1. The van der Waals surface area contributed by atoms with Crippen LogP contribution in [0.25, 0.3) is 0 Å². The van der Waals surface area contributed by atoms with E-state index in [2.05, 4.69) is 59.3 Å².